The Kier molecular flexibility index (Phi) is 6.52. The van der Waals surface area contributed by atoms with Crippen molar-refractivity contribution in [1.29, 1.82) is 0 Å². The lowest BCUT2D eigenvalue weighted by Crippen LogP contribution is -2.47. The lowest BCUT2D eigenvalue weighted by molar-refractivity contribution is -0.117. The SMILES string of the molecule is CCC(C(=O)Nc1nnc(-c2ccccc2)s1)N(c1cc(C)ccc1C)S(C)(=O)=O. The van der Waals surface area contributed by atoms with Crippen LogP contribution in [0.1, 0.15) is 24.5 Å². The molecule has 0 bridgehead atoms. The molecule has 1 unspecified atom stereocenters. The second kappa shape index (κ2) is 8.93. The number of rotatable bonds is 7. The molecular weight excluding hydrogens is 420 g/mol. The van der Waals surface area contributed by atoms with E-state index in [0.717, 1.165) is 22.9 Å². The summed E-state index contributed by atoms with van der Waals surface area (Å²) in [6, 6.07) is 14.2. The number of aromatic nitrogens is 2. The largest absolute Gasteiger partial charge is 0.299 e. The predicted octanol–water partition coefficient (Wildman–Crippen LogP) is 4.01. The summed E-state index contributed by atoms with van der Waals surface area (Å²) >= 11 is 1.24. The van der Waals surface area contributed by atoms with Crippen LogP contribution in [0.15, 0.2) is 48.5 Å². The standard InChI is InChI=1S/C21H24N4O3S2/c1-5-17(25(30(4,27)28)18-13-14(2)11-12-15(18)3)19(26)22-21-24-23-20(29-21)16-9-7-6-8-10-16/h6-13,17H,5H2,1-4H3,(H,22,24,26). The zero-order valence-electron chi connectivity index (χ0n) is 17.3. The van der Waals surface area contributed by atoms with Crippen molar-refractivity contribution >= 4 is 38.1 Å². The Hall–Kier alpha value is -2.78. The molecule has 0 fully saturated rings. The third-order valence-corrected chi connectivity index (χ3v) is 6.66. The number of benzene rings is 2. The van der Waals surface area contributed by atoms with E-state index >= 15 is 0 Å². The first-order valence-corrected chi connectivity index (χ1v) is 12.1. The Morgan fingerprint density at radius 2 is 1.83 bits per heavy atom. The Labute approximate surface area is 180 Å². The van der Waals surface area contributed by atoms with Crippen molar-refractivity contribution in [2.75, 3.05) is 15.9 Å². The number of nitrogens with one attached hydrogen (secondary N) is 1. The van der Waals surface area contributed by atoms with Crippen molar-refractivity contribution in [1.82, 2.24) is 10.2 Å². The van der Waals surface area contributed by atoms with Crippen LogP contribution in [0, 0.1) is 13.8 Å². The maximum atomic E-state index is 13.1. The fraction of sp³-hybridized carbons (Fsp3) is 0.286. The summed E-state index contributed by atoms with van der Waals surface area (Å²) in [5.41, 5.74) is 3.09. The number of anilines is 2. The van der Waals surface area contributed by atoms with Gasteiger partial charge in [-0.3, -0.25) is 14.4 Å². The number of carbonyl (C=O) groups excluding carboxylic acids is 1. The van der Waals surface area contributed by atoms with Gasteiger partial charge in [0.1, 0.15) is 11.0 Å². The van der Waals surface area contributed by atoms with Crippen LogP contribution in [0.5, 0.6) is 0 Å². The molecule has 0 spiro atoms. The van der Waals surface area contributed by atoms with Crippen LogP contribution in [0.4, 0.5) is 10.8 Å². The summed E-state index contributed by atoms with van der Waals surface area (Å²) in [7, 11) is -3.70. The van der Waals surface area contributed by atoms with Gasteiger partial charge >= 0.3 is 0 Å². The summed E-state index contributed by atoms with van der Waals surface area (Å²) in [4.78, 5) is 13.1. The summed E-state index contributed by atoms with van der Waals surface area (Å²) in [6.45, 7) is 5.49. The zero-order chi connectivity index (χ0) is 21.9. The van der Waals surface area contributed by atoms with E-state index in [1.165, 1.54) is 15.6 Å². The minimum atomic E-state index is -3.70. The second-order valence-electron chi connectivity index (χ2n) is 7.04. The molecule has 0 saturated carbocycles. The highest BCUT2D eigenvalue weighted by atomic mass is 32.2. The molecule has 1 atom stereocenters. The van der Waals surface area contributed by atoms with Crippen LogP contribution in [-0.4, -0.2) is 36.8 Å². The van der Waals surface area contributed by atoms with Gasteiger partial charge in [0.25, 0.3) is 0 Å². The number of amides is 1. The average Bonchev–Trinajstić information content (AvgIpc) is 3.16. The van der Waals surface area contributed by atoms with Gasteiger partial charge in [-0.1, -0.05) is 60.7 Å². The van der Waals surface area contributed by atoms with Crippen LogP contribution >= 0.6 is 11.3 Å². The Bertz CT molecular complexity index is 1140. The maximum absolute atomic E-state index is 13.1. The molecule has 1 N–H and O–H groups in total. The van der Waals surface area contributed by atoms with Crippen LogP contribution in [0.3, 0.4) is 0 Å². The van der Waals surface area contributed by atoms with E-state index in [-0.39, 0.29) is 0 Å². The molecule has 0 aliphatic heterocycles. The summed E-state index contributed by atoms with van der Waals surface area (Å²) in [5, 5.41) is 11.9. The fourth-order valence-electron chi connectivity index (χ4n) is 3.15. The van der Waals surface area contributed by atoms with E-state index in [4.69, 9.17) is 0 Å². The molecule has 1 amide bonds. The van der Waals surface area contributed by atoms with Crippen molar-refractivity contribution in [3.63, 3.8) is 0 Å². The van der Waals surface area contributed by atoms with Crippen LogP contribution in [-0.2, 0) is 14.8 Å². The minimum Gasteiger partial charge on any atom is -0.299 e. The van der Waals surface area contributed by atoms with E-state index in [9.17, 15) is 13.2 Å². The van der Waals surface area contributed by atoms with Crippen molar-refractivity contribution in [2.45, 2.75) is 33.2 Å². The highest BCUT2D eigenvalue weighted by Gasteiger charge is 2.33. The lowest BCUT2D eigenvalue weighted by atomic mass is 10.1. The van der Waals surface area contributed by atoms with Crippen molar-refractivity contribution in [2.24, 2.45) is 0 Å². The number of sulfonamides is 1. The van der Waals surface area contributed by atoms with E-state index < -0.39 is 22.0 Å². The van der Waals surface area contributed by atoms with Crippen LogP contribution < -0.4 is 9.62 Å². The summed E-state index contributed by atoms with van der Waals surface area (Å²) in [5.74, 6) is -0.445. The van der Waals surface area contributed by atoms with Gasteiger partial charge < -0.3 is 0 Å². The predicted molar refractivity (Wildman–Crippen MR) is 121 cm³/mol. The molecule has 0 saturated heterocycles. The molecule has 7 nitrogen and oxygen atoms in total. The Balaban J connectivity index is 1.90. The van der Waals surface area contributed by atoms with Crippen molar-refractivity contribution in [3.05, 3.63) is 59.7 Å². The maximum Gasteiger partial charge on any atom is 0.250 e. The van der Waals surface area contributed by atoms with Gasteiger partial charge in [-0.05, 0) is 37.5 Å². The molecule has 158 valence electrons. The monoisotopic (exact) mass is 444 g/mol. The minimum absolute atomic E-state index is 0.302. The van der Waals surface area contributed by atoms with Gasteiger partial charge in [0.05, 0.1) is 11.9 Å². The molecule has 3 aromatic rings. The Morgan fingerprint density at radius 1 is 1.13 bits per heavy atom. The summed E-state index contributed by atoms with van der Waals surface area (Å²) < 4.78 is 26.5. The smallest absolute Gasteiger partial charge is 0.250 e. The molecule has 2 aromatic carbocycles. The molecule has 0 radical (unpaired) electrons. The van der Waals surface area contributed by atoms with E-state index in [1.54, 1.807) is 13.0 Å². The number of hydrogen-bond donors (Lipinski definition) is 1. The quantitative estimate of drug-likeness (QED) is 0.594. The van der Waals surface area contributed by atoms with Gasteiger partial charge in [-0.2, -0.15) is 0 Å². The van der Waals surface area contributed by atoms with E-state index in [0.29, 0.717) is 22.2 Å². The summed E-state index contributed by atoms with van der Waals surface area (Å²) in [6.07, 6.45) is 1.42. The molecule has 30 heavy (non-hydrogen) atoms. The second-order valence-corrected chi connectivity index (χ2v) is 9.88. The van der Waals surface area contributed by atoms with Gasteiger partial charge in [0.2, 0.25) is 21.1 Å². The van der Waals surface area contributed by atoms with Crippen LogP contribution in [0.25, 0.3) is 10.6 Å². The molecule has 1 heterocycles. The lowest BCUT2D eigenvalue weighted by Gasteiger charge is -2.31. The van der Waals surface area contributed by atoms with Crippen LogP contribution in [0.2, 0.25) is 0 Å². The normalized spacial score (nSPS) is 12.4. The topological polar surface area (TPSA) is 92.3 Å². The van der Waals surface area contributed by atoms with Gasteiger partial charge in [-0.15, -0.1) is 10.2 Å². The number of hydrogen-bond acceptors (Lipinski definition) is 6. The van der Waals surface area contributed by atoms with Crippen molar-refractivity contribution in [3.8, 4) is 10.6 Å². The number of aryl methyl sites for hydroxylation is 2. The number of carbonyl (C=O) groups is 1. The first kappa shape index (κ1) is 21.9. The molecular formula is C21H24N4O3S2. The highest BCUT2D eigenvalue weighted by Crippen LogP contribution is 2.29. The average molecular weight is 445 g/mol. The Morgan fingerprint density at radius 3 is 2.47 bits per heavy atom. The van der Waals surface area contributed by atoms with Gasteiger partial charge in [-0.25, -0.2) is 8.42 Å². The number of nitrogens with zero attached hydrogens (tertiary/aromatic N) is 3. The fourth-order valence-corrected chi connectivity index (χ4v) is 5.17. The first-order chi connectivity index (χ1) is 14.2. The third kappa shape index (κ3) is 4.85. The van der Waals surface area contributed by atoms with Gasteiger partial charge in [0, 0.05) is 5.56 Å². The van der Waals surface area contributed by atoms with E-state index in [1.807, 2.05) is 56.3 Å². The molecule has 0 aliphatic rings. The van der Waals surface area contributed by atoms with Crippen molar-refractivity contribution < 1.29 is 13.2 Å². The first-order valence-electron chi connectivity index (χ1n) is 9.47. The molecule has 0 aliphatic carbocycles. The molecule has 9 heteroatoms. The molecule has 3 rings (SSSR count). The van der Waals surface area contributed by atoms with Gasteiger partial charge in [0.15, 0.2) is 0 Å². The zero-order valence-corrected chi connectivity index (χ0v) is 18.9. The molecule has 1 aromatic heterocycles. The third-order valence-electron chi connectivity index (χ3n) is 4.61. The highest BCUT2D eigenvalue weighted by molar-refractivity contribution is 7.92. The van der Waals surface area contributed by atoms with E-state index in [2.05, 4.69) is 15.5 Å².